The number of rotatable bonds is 1. The Labute approximate surface area is 94.5 Å². The third-order valence-electron chi connectivity index (χ3n) is 4.13. The van der Waals surface area contributed by atoms with Gasteiger partial charge in [-0.25, -0.2) is 0 Å². The highest BCUT2D eigenvalue weighted by atomic mass is 14.4. The molecule has 0 aromatic carbocycles. The first kappa shape index (κ1) is 11.0. The van der Waals surface area contributed by atoms with Gasteiger partial charge in [0.2, 0.25) is 0 Å². The van der Waals surface area contributed by atoms with Crippen LogP contribution in [0, 0.1) is 17.8 Å². The molecular weight excluding hydrogens is 180 g/mol. The second-order valence-electron chi connectivity index (χ2n) is 5.50. The summed E-state index contributed by atoms with van der Waals surface area (Å²) < 4.78 is 0. The van der Waals surface area contributed by atoms with E-state index in [2.05, 4.69) is 32.1 Å². The molecule has 15 heavy (non-hydrogen) atoms. The number of fused-ring (bicyclic) bond motifs is 1. The molecule has 0 heterocycles. The van der Waals surface area contributed by atoms with Gasteiger partial charge in [0, 0.05) is 0 Å². The number of hydrogen-bond acceptors (Lipinski definition) is 0. The highest BCUT2D eigenvalue weighted by Gasteiger charge is 2.31. The third kappa shape index (κ3) is 2.53. The smallest absolute Gasteiger partial charge is 0.0174 e. The van der Waals surface area contributed by atoms with Crippen molar-refractivity contribution in [2.24, 2.45) is 17.8 Å². The summed E-state index contributed by atoms with van der Waals surface area (Å²) in [5.74, 6) is 2.62. The van der Waals surface area contributed by atoms with Crippen molar-refractivity contribution in [1.82, 2.24) is 0 Å². The SMILES string of the molecule is CC(C)C1CCC2CCCC/C=C/C=C21. The summed E-state index contributed by atoms with van der Waals surface area (Å²) in [6, 6.07) is 0. The zero-order valence-corrected chi connectivity index (χ0v) is 10.2. The molecule has 84 valence electrons. The van der Waals surface area contributed by atoms with Gasteiger partial charge in [0.1, 0.15) is 0 Å². The van der Waals surface area contributed by atoms with Gasteiger partial charge in [0.15, 0.2) is 0 Å². The van der Waals surface area contributed by atoms with Gasteiger partial charge >= 0.3 is 0 Å². The quantitative estimate of drug-likeness (QED) is 0.579. The van der Waals surface area contributed by atoms with Crippen molar-refractivity contribution in [2.75, 3.05) is 0 Å². The molecule has 0 heteroatoms. The van der Waals surface area contributed by atoms with Gasteiger partial charge in [0.05, 0.1) is 0 Å². The fourth-order valence-corrected chi connectivity index (χ4v) is 3.23. The Morgan fingerprint density at radius 3 is 2.80 bits per heavy atom. The first-order valence-electron chi connectivity index (χ1n) is 6.65. The van der Waals surface area contributed by atoms with Crippen molar-refractivity contribution >= 4 is 0 Å². The molecule has 0 nitrogen and oxygen atoms in total. The molecule has 2 aliphatic carbocycles. The summed E-state index contributed by atoms with van der Waals surface area (Å²) in [5, 5.41) is 0. The van der Waals surface area contributed by atoms with Crippen LogP contribution in [0.2, 0.25) is 0 Å². The summed E-state index contributed by atoms with van der Waals surface area (Å²) in [4.78, 5) is 0. The molecule has 0 spiro atoms. The predicted molar refractivity (Wildman–Crippen MR) is 66.7 cm³/mol. The van der Waals surface area contributed by atoms with E-state index in [-0.39, 0.29) is 0 Å². The highest BCUT2D eigenvalue weighted by molar-refractivity contribution is 5.22. The molecule has 2 aliphatic rings. The van der Waals surface area contributed by atoms with Crippen molar-refractivity contribution in [1.29, 1.82) is 0 Å². The standard InChI is InChI=1S/C15H24/c1-12(2)14-11-10-13-8-6-4-3-5-7-9-15(13)14/h5,7,9,12-14H,3-4,6,8,10-11H2,1-2H3/b7-5+,15-9?. The minimum Gasteiger partial charge on any atom is -0.0845 e. The summed E-state index contributed by atoms with van der Waals surface area (Å²) in [6.07, 6.45) is 15.5. The van der Waals surface area contributed by atoms with E-state index in [4.69, 9.17) is 0 Å². The largest absolute Gasteiger partial charge is 0.0845 e. The average molecular weight is 204 g/mol. The topological polar surface area (TPSA) is 0 Å². The number of hydrogen-bond donors (Lipinski definition) is 0. The van der Waals surface area contributed by atoms with E-state index in [1.165, 1.54) is 38.5 Å². The predicted octanol–water partition coefficient (Wildman–Crippen LogP) is 4.73. The van der Waals surface area contributed by atoms with E-state index in [0.29, 0.717) is 0 Å². The molecular formula is C15H24. The van der Waals surface area contributed by atoms with Crippen LogP contribution in [-0.4, -0.2) is 0 Å². The van der Waals surface area contributed by atoms with Crippen molar-refractivity contribution in [3.8, 4) is 0 Å². The molecule has 0 N–H and O–H groups in total. The van der Waals surface area contributed by atoms with Gasteiger partial charge in [-0.3, -0.25) is 0 Å². The van der Waals surface area contributed by atoms with Crippen LogP contribution in [-0.2, 0) is 0 Å². The van der Waals surface area contributed by atoms with Crippen LogP contribution >= 0.6 is 0 Å². The molecule has 1 saturated carbocycles. The Morgan fingerprint density at radius 2 is 2.00 bits per heavy atom. The van der Waals surface area contributed by atoms with Gasteiger partial charge in [-0.2, -0.15) is 0 Å². The lowest BCUT2D eigenvalue weighted by Gasteiger charge is -2.19. The number of allylic oxidation sites excluding steroid dienone is 4. The van der Waals surface area contributed by atoms with Crippen molar-refractivity contribution < 1.29 is 0 Å². The first-order chi connectivity index (χ1) is 7.29. The third-order valence-corrected chi connectivity index (χ3v) is 4.13. The molecule has 0 aromatic heterocycles. The lowest BCUT2D eigenvalue weighted by Crippen LogP contribution is -2.08. The van der Waals surface area contributed by atoms with E-state index in [1.54, 1.807) is 5.57 Å². The maximum atomic E-state index is 2.44. The lowest BCUT2D eigenvalue weighted by molar-refractivity contribution is 0.451. The Morgan fingerprint density at radius 1 is 1.13 bits per heavy atom. The zero-order valence-electron chi connectivity index (χ0n) is 10.2. The van der Waals surface area contributed by atoms with Crippen LogP contribution in [0.3, 0.4) is 0 Å². The fraction of sp³-hybridized carbons (Fsp3) is 0.733. The van der Waals surface area contributed by atoms with Gasteiger partial charge < -0.3 is 0 Å². The van der Waals surface area contributed by atoms with E-state index >= 15 is 0 Å². The van der Waals surface area contributed by atoms with E-state index in [9.17, 15) is 0 Å². The minimum absolute atomic E-state index is 0.829. The van der Waals surface area contributed by atoms with Crippen LogP contribution in [0.15, 0.2) is 23.8 Å². The summed E-state index contributed by atoms with van der Waals surface area (Å²) in [6.45, 7) is 4.76. The van der Waals surface area contributed by atoms with Gasteiger partial charge in [-0.15, -0.1) is 0 Å². The van der Waals surface area contributed by atoms with Gasteiger partial charge in [0.25, 0.3) is 0 Å². The van der Waals surface area contributed by atoms with Gasteiger partial charge in [-0.1, -0.05) is 44.1 Å². The molecule has 0 saturated heterocycles. The van der Waals surface area contributed by atoms with Crippen LogP contribution in [0.5, 0.6) is 0 Å². The normalized spacial score (nSPS) is 33.9. The molecule has 0 aliphatic heterocycles. The first-order valence-corrected chi connectivity index (χ1v) is 6.65. The van der Waals surface area contributed by atoms with Crippen LogP contribution in [0.25, 0.3) is 0 Å². The molecule has 2 rings (SSSR count). The fourth-order valence-electron chi connectivity index (χ4n) is 3.23. The van der Waals surface area contributed by atoms with Crippen molar-refractivity contribution in [2.45, 2.75) is 52.4 Å². The van der Waals surface area contributed by atoms with Crippen molar-refractivity contribution in [3.05, 3.63) is 23.8 Å². The molecule has 1 fully saturated rings. The molecule has 2 unspecified atom stereocenters. The van der Waals surface area contributed by atoms with Crippen LogP contribution in [0.4, 0.5) is 0 Å². The maximum Gasteiger partial charge on any atom is -0.0174 e. The molecule has 0 aromatic rings. The second kappa shape index (κ2) is 5.01. The monoisotopic (exact) mass is 204 g/mol. The van der Waals surface area contributed by atoms with E-state index < -0.39 is 0 Å². The van der Waals surface area contributed by atoms with E-state index in [0.717, 1.165) is 17.8 Å². The Hall–Kier alpha value is -0.520. The van der Waals surface area contributed by atoms with E-state index in [1.807, 2.05) is 0 Å². The van der Waals surface area contributed by atoms with Crippen LogP contribution in [0.1, 0.15) is 52.4 Å². The Kier molecular flexibility index (Phi) is 3.66. The summed E-state index contributed by atoms with van der Waals surface area (Å²) in [7, 11) is 0. The zero-order chi connectivity index (χ0) is 10.7. The maximum absolute atomic E-state index is 2.44. The highest BCUT2D eigenvalue weighted by Crippen LogP contribution is 2.43. The van der Waals surface area contributed by atoms with Crippen LogP contribution < -0.4 is 0 Å². The molecule has 0 amide bonds. The lowest BCUT2D eigenvalue weighted by atomic mass is 9.86. The van der Waals surface area contributed by atoms with Gasteiger partial charge in [-0.05, 0) is 49.9 Å². The summed E-state index contributed by atoms with van der Waals surface area (Å²) >= 11 is 0. The Bertz CT molecular complexity index is 257. The summed E-state index contributed by atoms with van der Waals surface area (Å²) in [5.41, 5.74) is 1.77. The van der Waals surface area contributed by atoms with Crippen molar-refractivity contribution in [3.63, 3.8) is 0 Å². The molecule has 2 atom stereocenters. The average Bonchev–Trinajstić information content (AvgIpc) is 2.61. The molecule has 0 radical (unpaired) electrons. The second-order valence-corrected chi connectivity index (χ2v) is 5.50. The minimum atomic E-state index is 0.829. The Balaban J connectivity index is 2.15. The molecule has 0 bridgehead atoms.